The van der Waals surface area contributed by atoms with Crippen molar-refractivity contribution in [2.24, 2.45) is 0 Å². The van der Waals surface area contributed by atoms with E-state index < -0.39 is 17.7 Å². The van der Waals surface area contributed by atoms with Crippen LogP contribution >= 0.6 is 0 Å². The van der Waals surface area contributed by atoms with Gasteiger partial charge in [0.25, 0.3) is 0 Å². The Kier molecular flexibility index (Phi) is 7.68. The highest BCUT2D eigenvalue weighted by Crippen LogP contribution is 2.20. The van der Waals surface area contributed by atoms with Gasteiger partial charge >= 0.3 is 6.03 Å². The summed E-state index contributed by atoms with van der Waals surface area (Å²) in [5.74, 6) is -1.28. The van der Waals surface area contributed by atoms with Crippen LogP contribution in [0.3, 0.4) is 0 Å². The number of benzene rings is 1. The summed E-state index contributed by atoms with van der Waals surface area (Å²) >= 11 is 0. The normalized spacial score (nSPS) is 12.0. The van der Waals surface area contributed by atoms with E-state index in [9.17, 15) is 13.6 Å². The van der Waals surface area contributed by atoms with Crippen LogP contribution < -0.4 is 10.6 Å². The summed E-state index contributed by atoms with van der Waals surface area (Å²) in [6.07, 6.45) is 2.18. The number of methoxy groups -OCH3 is 1. The molecule has 21 heavy (non-hydrogen) atoms. The van der Waals surface area contributed by atoms with Gasteiger partial charge in [-0.3, -0.25) is 0 Å². The predicted molar refractivity (Wildman–Crippen MR) is 77.0 cm³/mol. The van der Waals surface area contributed by atoms with Crippen molar-refractivity contribution >= 4 is 6.03 Å². The molecule has 0 unspecified atom stereocenters. The number of hydrogen-bond donors (Lipinski definition) is 2. The molecule has 2 N–H and O–H groups in total. The van der Waals surface area contributed by atoms with Gasteiger partial charge in [-0.2, -0.15) is 0 Å². The van der Waals surface area contributed by atoms with Crippen LogP contribution in [0.2, 0.25) is 0 Å². The van der Waals surface area contributed by atoms with Crippen molar-refractivity contribution < 1.29 is 18.3 Å². The van der Waals surface area contributed by atoms with Crippen LogP contribution in [0.5, 0.6) is 0 Å². The number of unbranched alkanes of at least 4 members (excludes halogenated alkanes) is 1. The third-order valence-corrected chi connectivity index (χ3v) is 3.11. The molecule has 0 aliphatic carbocycles. The highest BCUT2D eigenvalue weighted by atomic mass is 19.1. The number of nitrogens with one attached hydrogen (secondary N) is 2. The number of amides is 2. The van der Waals surface area contributed by atoms with Crippen LogP contribution in [0.1, 0.15) is 37.8 Å². The largest absolute Gasteiger partial charge is 0.385 e. The van der Waals surface area contributed by atoms with Gasteiger partial charge in [-0.1, -0.05) is 13.0 Å². The maximum atomic E-state index is 13.7. The van der Waals surface area contributed by atoms with E-state index in [1.165, 1.54) is 12.1 Å². The molecule has 0 saturated heterocycles. The fraction of sp³-hybridized carbons (Fsp3) is 0.533. The number of carbonyl (C=O) groups is 1. The third kappa shape index (κ3) is 6.08. The number of hydrogen-bond acceptors (Lipinski definition) is 2. The van der Waals surface area contributed by atoms with Crippen molar-refractivity contribution in [1.29, 1.82) is 0 Å². The molecule has 1 rings (SSSR count). The van der Waals surface area contributed by atoms with Gasteiger partial charge in [0.05, 0.1) is 6.04 Å². The first-order valence-electron chi connectivity index (χ1n) is 7.06. The van der Waals surface area contributed by atoms with E-state index in [4.69, 9.17) is 4.74 Å². The molecule has 118 valence electrons. The lowest BCUT2D eigenvalue weighted by molar-refractivity contribution is 0.192. The Morgan fingerprint density at radius 3 is 2.71 bits per heavy atom. The molecule has 0 spiro atoms. The highest BCUT2D eigenvalue weighted by molar-refractivity contribution is 5.74. The Labute approximate surface area is 123 Å². The maximum absolute atomic E-state index is 13.7. The predicted octanol–water partition coefficient (Wildman–Crippen LogP) is 3.14. The molecule has 0 fully saturated rings. The van der Waals surface area contributed by atoms with Gasteiger partial charge < -0.3 is 15.4 Å². The van der Waals surface area contributed by atoms with Gasteiger partial charge in [-0.15, -0.1) is 0 Å². The lowest BCUT2D eigenvalue weighted by Gasteiger charge is -2.18. The Hall–Kier alpha value is -1.69. The van der Waals surface area contributed by atoms with Crippen molar-refractivity contribution in [3.63, 3.8) is 0 Å². The SMILES string of the molecule is CC[C@H](NC(=O)NCCCCOC)c1ccc(F)cc1F. The summed E-state index contributed by atoms with van der Waals surface area (Å²) in [6, 6.07) is 2.53. The maximum Gasteiger partial charge on any atom is 0.315 e. The van der Waals surface area contributed by atoms with Crippen LogP contribution in [-0.2, 0) is 4.74 Å². The number of ether oxygens (including phenoxy) is 1. The Balaban J connectivity index is 2.48. The van der Waals surface area contributed by atoms with Crippen molar-refractivity contribution in [3.05, 3.63) is 35.4 Å². The van der Waals surface area contributed by atoms with E-state index in [-0.39, 0.29) is 11.6 Å². The summed E-state index contributed by atoms with van der Waals surface area (Å²) in [7, 11) is 1.63. The van der Waals surface area contributed by atoms with Crippen molar-refractivity contribution in [3.8, 4) is 0 Å². The number of urea groups is 1. The molecule has 4 nitrogen and oxygen atoms in total. The number of rotatable bonds is 8. The standard InChI is InChI=1S/C15H22F2N2O2/c1-3-14(12-7-6-11(16)10-13(12)17)19-15(20)18-8-4-5-9-21-2/h6-7,10,14H,3-5,8-9H2,1-2H3,(H2,18,19,20)/t14-/m0/s1. The van der Waals surface area contributed by atoms with Gasteiger partial charge in [0.15, 0.2) is 0 Å². The first-order chi connectivity index (χ1) is 10.1. The molecule has 2 amide bonds. The van der Waals surface area contributed by atoms with Gasteiger partial charge in [0.1, 0.15) is 11.6 Å². The first kappa shape index (κ1) is 17.4. The molecule has 1 atom stereocenters. The van der Waals surface area contributed by atoms with E-state index in [1.807, 2.05) is 6.92 Å². The molecular formula is C15H22F2N2O2. The van der Waals surface area contributed by atoms with Gasteiger partial charge in [0.2, 0.25) is 0 Å². The quantitative estimate of drug-likeness (QED) is 0.725. The minimum atomic E-state index is -0.651. The van der Waals surface area contributed by atoms with E-state index in [2.05, 4.69) is 10.6 Å². The molecule has 0 radical (unpaired) electrons. The van der Waals surface area contributed by atoms with Crippen LogP contribution in [0, 0.1) is 11.6 Å². The molecule has 0 aromatic heterocycles. The van der Waals surface area contributed by atoms with E-state index in [1.54, 1.807) is 7.11 Å². The second-order valence-electron chi connectivity index (χ2n) is 4.73. The molecule has 0 aliphatic heterocycles. The third-order valence-electron chi connectivity index (χ3n) is 3.11. The Morgan fingerprint density at radius 1 is 1.33 bits per heavy atom. The topological polar surface area (TPSA) is 50.4 Å². The van der Waals surface area contributed by atoms with Crippen molar-refractivity contribution in [1.82, 2.24) is 10.6 Å². The average Bonchev–Trinajstić information content (AvgIpc) is 2.45. The minimum absolute atomic E-state index is 0.286. The van der Waals surface area contributed by atoms with Gasteiger partial charge in [0, 0.05) is 31.9 Å². The fourth-order valence-electron chi connectivity index (χ4n) is 1.97. The average molecular weight is 300 g/mol. The Bertz CT molecular complexity index is 455. The van der Waals surface area contributed by atoms with Gasteiger partial charge in [-0.25, -0.2) is 13.6 Å². The zero-order valence-electron chi connectivity index (χ0n) is 12.4. The second kappa shape index (κ2) is 9.28. The van der Waals surface area contributed by atoms with Crippen LogP contribution in [0.15, 0.2) is 18.2 Å². The smallest absolute Gasteiger partial charge is 0.315 e. The molecule has 0 bridgehead atoms. The summed E-state index contributed by atoms with van der Waals surface area (Å²) in [4.78, 5) is 11.7. The molecule has 0 heterocycles. The Morgan fingerprint density at radius 2 is 2.10 bits per heavy atom. The number of halogens is 2. The van der Waals surface area contributed by atoms with E-state index in [0.29, 0.717) is 19.6 Å². The summed E-state index contributed by atoms with van der Waals surface area (Å²) in [5, 5.41) is 5.40. The zero-order chi connectivity index (χ0) is 15.7. The molecule has 0 saturated carbocycles. The molecular weight excluding hydrogens is 278 g/mol. The van der Waals surface area contributed by atoms with E-state index in [0.717, 1.165) is 18.9 Å². The second-order valence-corrected chi connectivity index (χ2v) is 4.73. The highest BCUT2D eigenvalue weighted by Gasteiger charge is 2.16. The summed E-state index contributed by atoms with van der Waals surface area (Å²) in [5.41, 5.74) is 0.286. The number of carbonyl (C=O) groups excluding carboxylic acids is 1. The van der Waals surface area contributed by atoms with Crippen molar-refractivity contribution in [2.75, 3.05) is 20.3 Å². The summed E-state index contributed by atoms with van der Waals surface area (Å²) in [6.45, 7) is 3.01. The zero-order valence-corrected chi connectivity index (χ0v) is 12.4. The van der Waals surface area contributed by atoms with Crippen LogP contribution in [-0.4, -0.2) is 26.3 Å². The molecule has 1 aromatic rings. The van der Waals surface area contributed by atoms with E-state index >= 15 is 0 Å². The lowest BCUT2D eigenvalue weighted by atomic mass is 10.0. The van der Waals surface area contributed by atoms with Crippen LogP contribution in [0.4, 0.5) is 13.6 Å². The summed E-state index contributed by atoms with van der Waals surface area (Å²) < 4.78 is 31.5. The van der Waals surface area contributed by atoms with Crippen molar-refractivity contribution in [2.45, 2.75) is 32.2 Å². The first-order valence-corrected chi connectivity index (χ1v) is 7.06. The fourth-order valence-corrected chi connectivity index (χ4v) is 1.97. The minimum Gasteiger partial charge on any atom is -0.385 e. The monoisotopic (exact) mass is 300 g/mol. The lowest BCUT2D eigenvalue weighted by Crippen LogP contribution is -2.38. The molecule has 6 heteroatoms. The molecule has 1 aromatic carbocycles. The molecule has 0 aliphatic rings. The van der Waals surface area contributed by atoms with Crippen LogP contribution in [0.25, 0.3) is 0 Å². The van der Waals surface area contributed by atoms with Gasteiger partial charge in [-0.05, 0) is 25.3 Å².